The first-order valence-corrected chi connectivity index (χ1v) is 6.88. The second-order valence-electron chi connectivity index (χ2n) is 3.19. The minimum absolute atomic E-state index is 0. The standard InChI is InChI=1S/C8H17.C3H6O4S.Na/c1-3-5-7-8-6-4-2;1-2-3-7-8(4,5)6;/h5H,3-4,6-8H2,1-2H3;2H,1,3H2,(H,4,5,6);/q-1;;+1. The monoisotopic (exact) mass is 274 g/mol. The Kier molecular flexibility index (Phi) is 22.2. The predicted octanol–water partition coefficient (Wildman–Crippen LogP) is 0.177. The average molecular weight is 274 g/mol. The molecule has 0 aliphatic carbocycles. The van der Waals surface area contributed by atoms with Crippen LogP contribution in [-0.4, -0.2) is 19.6 Å². The Hall–Kier alpha value is 0.610. The molecule has 17 heavy (non-hydrogen) atoms. The van der Waals surface area contributed by atoms with Crippen LogP contribution in [-0.2, 0) is 14.6 Å². The van der Waals surface area contributed by atoms with Crippen molar-refractivity contribution >= 4 is 10.4 Å². The fourth-order valence-electron chi connectivity index (χ4n) is 0.877. The van der Waals surface area contributed by atoms with Gasteiger partial charge in [-0.15, -0.1) is 6.58 Å². The first-order chi connectivity index (χ1) is 7.47. The van der Waals surface area contributed by atoms with Gasteiger partial charge < -0.3 is 6.42 Å². The van der Waals surface area contributed by atoms with Crippen molar-refractivity contribution in [2.45, 2.75) is 46.0 Å². The van der Waals surface area contributed by atoms with Crippen molar-refractivity contribution in [2.75, 3.05) is 6.61 Å². The molecule has 0 spiro atoms. The van der Waals surface area contributed by atoms with Crippen LogP contribution in [0, 0.1) is 6.42 Å². The van der Waals surface area contributed by atoms with E-state index in [2.05, 4.69) is 31.0 Å². The van der Waals surface area contributed by atoms with Gasteiger partial charge in [0.1, 0.15) is 0 Å². The topological polar surface area (TPSA) is 63.6 Å². The van der Waals surface area contributed by atoms with Gasteiger partial charge in [0, 0.05) is 0 Å². The van der Waals surface area contributed by atoms with Crippen molar-refractivity contribution in [2.24, 2.45) is 0 Å². The summed E-state index contributed by atoms with van der Waals surface area (Å²) in [5, 5.41) is 0. The summed E-state index contributed by atoms with van der Waals surface area (Å²) < 4.78 is 31.0. The Balaban J connectivity index is -0.000000218. The number of hydrogen-bond donors (Lipinski definition) is 1. The van der Waals surface area contributed by atoms with E-state index in [1.807, 2.05) is 0 Å². The SMILES string of the molecule is C=CCOS(=O)(=O)O.CC[CH-]CCCCC.[Na+]. The largest absolute Gasteiger partial charge is 1.00 e. The van der Waals surface area contributed by atoms with Crippen molar-refractivity contribution < 1.29 is 46.7 Å². The van der Waals surface area contributed by atoms with Crippen LogP contribution in [0.5, 0.6) is 0 Å². The molecule has 0 aromatic heterocycles. The molecule has 0 bridgehead atoms. The molecule has 0 saturated heterocycles. The van der Waals surface area contributed by atoms with E-state index in [1.165, 1.54) is 38.2 Å². The van der Waals surface area contributed by atoms with Crippen LogP contribution in [0.15, 0.2) is 12.7 Å². The Morgan fingerprint density at radius 3 is 2.24 bits per heavy atom. The van der Waals surface area contributed by atoms with E-state index in [9.17, 15) is 8.42 Å². The van der Waals surface area contributed by atoms with Gasteiger partial charge in [-0.05, 0) is 0 Å². The number of rotatable bonds is 8. The van der Waals surface area contributed by atoms with Crippen LogP contribution >= 0.6 is 0 Å². The molecule has 0 heterocycles. The zero-order valence-corrected chi connectivity index (χ0v) is 14.0. The molecule has 6 heteroatoms. The molecule has 0 aliphatic heterocycles. The van der Waals surface area contributed by atoms with Crippen molar-refractivity contribution in [3.8, 4) is 0 Å². The van der Waals surface area contributed by atoms with Crippen LogP contribution in [0.25, 0.3) is 0 Å². The molecule has 0 aromatic carbocycles. The molecule has 4 nitrogen and oxygen atoms in total. The molecule has 0 amide bonds. The van der Waals surface area contributed by atoms with E-state index in [0.717, 1.165) is 0 Å². The van der Waals surface area contributed by atoms with Crippen LogP contribution in [0.2, 0.25) is 0 Å². The minimum Gasteiger partial charge on any atom is -0.329 e. The van der Waals surface area contributed by atoms with Crippen LogP contribution in [0.1, 0.15) is 46.0 Å². The molecule has 0 radical (unpaired) electrons. The fraction of sp³-hybridized carbons (Fsp3) is 0.727. The molecular formula is C11H23NaO4S. The van der Waals surface area contributed by atoms with Crippen LogP contribution < -0.4 is 29.6 Å². The summed E-state index contributed by atoms with van der Waals surface area (Å²) in [5.74, 6) is 0. The van der Waals surface area contributed by atoms with Gasteiger partial charge in [0.2, 0.25) is 0 Å². The van der Waals surface area contributed by atoms with E-state index in [0.29, 0.717) is 0 Å². The van der Waals surface area contributed by atoms with Crippen LogP contribution in [0.3, 0.4) is 0 Å². The van der Waals surface area contributed by atoms with Crippen molar-refractivity contribution in [1.82, 2.24) is 0 Å². The fourth-order valence-corrected chi connectivity index (χ4v) is 1.15. The molecule has 1 N–H and O–H groups in total. The summed E-state index contributed by atoms with van der Waals surface area (Å²) in [6.45, 7) is 7.41. The maximum absolute atomic E-state index is 9.68. The third-order valence-electron chi connectivity index (χ3n) is 1.64. The third-order valence-corrected chi connectivity index (χ3v) is 2.07. The van der Waals surface area contributed by atoms with E-state index >= 15 is 0 Å². The van der Waals surface area contributed by atoms with Gasteiger partial charge in [-0.25, -0.2) is 4.18 Å². The molecule has 0 saturated carbocycles. The molecule has 0 fully saturated rings. The Bertz CT molecular complexity index is 234. The quantitative estimate of drug-likeness (QED) is 0.225. The molecule has 0 rings (SSSR count). The Labute approximate surface area is 128 Å². The maximum Gasteiger partial charge on any atom is 1.00 e. The summed E-state index contributed by atoms with van der Waals surface area (Å²) in [5.41, 5.74) is 0. The van der Waals surface area contributed by atoms with Gasteiger partial charge >= 0.3 is 40.0 Å². The number of hydrogen-bond acceptors (Lipinski definition) is 3. The van der Waals surface area contributed by atoms with Crippen LogP contribution in [0.4, 0.5) is 0 Å². The third kappa shape index (κ3) is 31.5. The molecule has 98 valence electrons. The minimum atomic E-state index is -4.26. The van der Waals surface area contributed by atoms with E-state index in [1.54, 1.807) is 0 Å². The van der Waals surface area contributed by atoms with Gasteiger partial charge in [-0.2, -0.15) is 21.3 Å². The molecular weight excluding hydrogens is 251 g/mol. The number of unbranched alkanes of at least 4 members (excludes halogenated alkanes) is 5. The molecule has 0 unspecified atom stereocenters. The van der Waals surface area contributed by atoms with E-state index < -0.39 is 10.4 Å². The predicted molar refractivity (Wildman–Crippen MR) is 66.4 cm³/mol. The van der Waals surface area contributed by atoms with Gasteiger partial charge in [0.05, 0.1) is 6.61 Å². The van der Waals surface area contributed by atoms with Gasteiger partial charge in [0.15, 0.2) is 0 Å². The summed E-state index contributed by atoms with van der Waals surface area (Å²) in [7, 11) is -4.26. The zero-order valence-electron chi connectivity index (χ0n) is 11.2. The van der Waals surface area contributed by atoms with Crippen molar-refractivity contribution in [1.29, 1.82) is 0 Å². The van der Waals surface area contributed by atoms with E-state index in [-0.39, 0.29) is 36.2 Å². The summed E-state index contributed by atoms with van der Waals surface area (Å²) in [6, 6.07) is 0. The second-order valence-corrected chi connectivity index (χ2v) is 4.28. The summed E-state index contributed by atoms with van der Waals surface area (Å²) in [6.07, 6.45) is 10.3. The smallest absolute Gasteiger partial charge is 0.329 e. The van der Waals surface area contributed by atoms with Crippen molar-refractivity contribution in [3.05, 3.63) is 19.1 Å². The maximum atomic E-state index is 9.68. The van der Waals surface area contributed by atoms with Gasteiger partial charge in [-0.3, -0.25) is 4.55 Å². The molecule has 0 aromatic rings. The summed E-state index contributed by atoms with van der Waals surface area (Å²) >= 11 is 0. The van der Waals surface area contributed by atoms with Crippen molar-refractivity contribution in [3.63, 3.8) is 0 Å². The van der Waals surface area contributed by atoms with Gasteiger partial charge in [-0.1, -0.05) is 39.2 Å². The first-order valence-electron chi connectivity index (χ1n) is 5.52. The normalized spacial score (nSPS) is 9.82. The first kappa shape index (κ1) is 22.8. The molecule has 0 atom stereocenters. The Morgan fingerprint density at radius 1 is 1.35 bits per heavy atom. The van der Waals surface area contributed by atoms with Gasteiger partial charge in [0.25, 0.3) is 0 Å². The second kappa shape index (κ2) is 16.6. The zero-order chi connectivity index (χ0) is 12.9. The summed E-state index contributed by atoms with van der Waals surface area (Å²) in [4.78, 5) is 0. The average Bonchev–Trinajstić information content (AvgIpc) is 2.22. The van der Waals surface area contributed by atoms with E-state index in [4.69, 9.17) is 4.55 Å². The Morgan fingerprint density at radius 2 is 1.94 bits per heavy atom. The molecule has 0 aliphatic rings.